The number of rotatable bonds is 4. The molecule has 1 aromatic heterocycles. The number of carboxylic acids is 1. The van der Waals surface area contributed by atoms with Crippen molar-refractivity contribution in [3.8, 4) is 0 Å². The molecule has 88 valence electrons. The molecule has 0 amide bonds. The highest BCUT2D eigenvalue weighted by molar-refractivity contribution is 7.99. The van der Waals surface area contributed by atoms with Crippen molar-refractivity contribution in [1.29, 1.82) is 0 Å². The molecule has 2 unspecified atom stereocenters. The van der Waals surface area contributed by atoms with Crippen LogP contribution in [0.5, 0.6) is 0 Å². The monoisotopic (exact) mass is 240 g/mol. The molecule has 1 aliphatic rings. The molecule has 2 rings (SSSR count). The summed E-state index contributed by atoms with van der Waals surface area (Å²) in [6.07, 6.45) is 7.42. The second-order valence-electron chi connectivity index (χ2n) is 4.28. The van der Waals surface area contributed by atoms with Crippen LogP contribution in [0.15, 0.2) is 17.6 Å². The zero-order chi connectivity index (χ0) is 11.5. The van der Waals surface area contributed by atoms with E-state index in [1.54, 1.807) is 6.20 Å². The largest absolute Gasteiger partial charge is 0.481 e. The van der Waals surface area contributed by atoms with Crippen molar-refractivity contribution in [3.05, 3.63) is 12.4 Å². The summed E-state index contributed by atoms with van der Waals surface area (Å²) in [5.74, 6) is -0.0459. The minimum Gasteiger partial charge on any atom is -0.481 e. The third-order valence-corrected chi connectivity index (χ3v) is 4.10. The predicted octanol–water partition coefficient (Wildman–Crippen LogP) is 2.42. The Morgan fingerprint density at radius 3 is 3.12 bits per heavy atom. The average Bonchev–Trinajstić information content (AvgIpc) is 2.82. The number of thioether (sulfide) groups is 1. The molecule has 1 saturated carbocycles. The van der Waals surface area contributed by atoms with Crippen LogP contribution in [0, 0.1) is 5.92 Å². The highest BCUT2D eigenvalue weighted by Gasteiger charge is 2.26. The number of aliphatic carboxylic acids is 1. The van der Waals surface area contributed by atoms with Gasteiger partial charge in [0, 0.05) is 18.4 Å². The Balaban J connectivity index is 2.09. The summed E-state index contributed by atoms with van der Waals surface area (Å²) in [5, 5.41) is 9.50. The minimum absolute atomic E-state index is 0.0815. The molecule has 1 heterocycles. The lowest BCUT2D eigenvalue weighted by Gasteiger charge is -2.19. The Labute approximate surface area is 99.1 Å². The molecule has 0 aromatic carbocycles. The van der Waals surface area contributed by atoms with E-state index in [0.717, 1.165) is 5.16 Å². The zero-order valence-electron chi connectivity index (χ0n) is 9.30. The highest BCUT2D eigenvalue weighted by Crippen LogP contribution is 2.37. The van der Waals surface area contributed by atoms with E-state index in [1.165, 1.54) is 31.0 Å². The first-order chi connectivity index (χ1) is 7.68. The van der Waals surface area contributed by atoms with Crippen molar-refractivity contribution in [2.75, 3.05) is 5.75 Å². The molecule has 1 aromatic rings. The molecule has 4 nitrogen and oxygen atoms in total. The molecule has 0 aliphatic heterocycles. The molecule has 16 heavy (non-hydrogen) atoms. The van der Waals surface area contributed by atoms with Crippen molar-refractivity contribution in [2.24, 2.45) is 5.92 Å². The second-order valence-corrected chi connectivity index (χ2v) is 5.22. The molecule has 0 spiro atoms. The lowest BCUT2D eigenvalue weighted by Crippen LogP contribution is -2.12. The number of carbonyl (C=O) groups is 1. The van der Waals surface area contributed by atoms with Crippen molar-refractivity contribution < 1.29 is 9.90 Å². The first-order valence-corrected chi connectivity index (χ1v) is 6.54. The minimum atomic E-state index is -0.793. The molecule has 1 N–H and O–H groups in total. The van der Waals surface area contributed by atoms with Crippen LogP contribution in [0.2, 0.25) is 0 Å². The summed E-state index contributed by atoms with van der Waals surface area (Å²) in [6, 6.07) is 0.499. The fourth-order valence-electron chi connectivity index (χ4n) is 2.33. The van der Waals surface area contributed by atoms with Crippen LogP contribution in [0.3, 0.4) is 0 Å². The van der Waals surface area contributed by atoms with E-state index in [0.29, 0.717) is 12.0 Å². The molecule has 0 radical (unpaired) electrons. The lowest BCUT2D eigenvalue weighted by molar-refractivity contribution is -0.133. The number of aromatic nitrogens is 2. The van der Waals surface area contributed by atoms with Gasteiger partial charge in [0.1, 0.15) is 0 Å². The van der Waals surface area contributed by atoms with Gasteiger partial charge in [-0.2, -0.15) is 0 Å². The Bertz CT molecular complexity index is 378. The van der Waals surface area contributed by atoms with Crippen LogP contribution in [0.1, 0.15) is 32.2 Å². The lowest BCUT2D eigenvalue weighted by atomic mass is 10.1. The van der Waals surface area contributed by atoms with Crippen molar-refractivity contribution >= 4 is 17.7 Å². The second kappa shape index (κ2) is 4.91. The summed E-state index contributed by atoms with van der Waals surface area (Å²) in [5.41, 5.74) is 0. The molecule has 0 saturated heterocycles. The van der Waals surface area contributed by atoms with E-state index >= 15 is 0 Å². The van der Waals surface area contributed by atoms with Gasteiger partial charge in [-0.25, -0.2) is 4.98 Å². The van der Waals surface area contributed by atoms with Gasteiger partial charge in [-0.15, -0.1) is 0 Å². The molecule has 2 atom stereocenters. The van der Waals surface area contributed by atoms with Crippen LogP contribution in [-0.4, -0.2) is 26.4 Å². The summed E-state index contributed by atoms with van der Waals surface area (Å²) >= 11 is 1.30. The third-order valence-electron chi connectivity index (χ3n) is 3.13. The van der Waals surface area contributed by atoms with Gasteiger partial charge in [-0.3, -0.25) is 4.79 Å². The summed E-state index contributed by atoms with van der Waals surface area (Å²) in [7, 11) is 0. The van der Waals surface area contributed by atoms with Gasteiger partial charge in [0.25, 0.3) is 0 Å². The summed E-state index contributed by atoms with van der Waals surface area (Å²) < 4.78 is 2.14. The predicted molar refractivity (Wildman–Crippen MR) is 62.6 cm³/mol. The maximum absolute atomic E-state index is 10.5. The Hall–Kier alpha value is -0.970. The third kappa shape index (κ3) is 2.40. The van der Waals surface area contributed by atoms with Crippen LogP contribution in [-0.2, 0) is 4.79 Å². The molecule has 5 heteroatoms. The number of nitrogens with zero attached hydrogens (tertiary/aromatic N) is 2. The topological polar surface area (TPSA) is 55.1 Å². The number of imidazole rings is 1. The van der Waals surface area contributed by atoms with E-state index in [4.69, 9.17) is 5.11 Å². The number of hydrogen-bond donors (Lipinski definition) is 1. The fourth-order valence-corrected chi connectivity index (χ4v) is 3.06. The van der Waals surface area contributed by atoms with Crippen LogP contribution < -0.4 is 0 Å². The fraction of sp³-hybridized carbons (Fsp3) is 0.636. The molecular formula is C11H16N2O2S. The Morgan fingerprint density at radius 1 is 1.69 bits per heavy atom. The van der Waals surface area contributed by atoms with Gasteiger partial charge < -0.3 is 9.67 Å². The average molecular weight is 240 g/mol. The van der Waals surface area contributed by atoms with E-state index in [-0.39, 0.29) is 5.75 Å². The maximum atomic E-state index is 10.5. The molecule has 1 fully saturated rings. The Kier molecular flexibility index (Phi) is 3.53. The van der Waals surface area contributed by atoms with Crippen molar-refractivity contribution in [3.63, 3.8) is 0 Å². The van der Waals surface area contributed by atoms with Crippen LogP contribution in [0.25, 0.3) is 0 Å². The van der Waals surface area contributed by atoms with Gasteiger partial charge in [0.05, 0.1) is 5.75 Å². The number of hydrogen-bond acceptors (Lipinski definition) is 3. The van der Waals surface area contributed by atoms with Gasteiger partial charge in [0.15, 0.2) is 5.16 Å². The van der Waals surface area contributed by atoms with Gasteiger partial charge in [-0.1, -0.05) is 25.1 Å². The van der Waals surface area contributed by atoms with Crippen molar-refractivity contribution in [1.82, 2.24) is 9.55 Å². The van der Waals surface area contributed by atoms with Gasteiger partial charge in [0.2, 0.25) is 0 Å². The summed E-state index contributed by atoms with van der Waals surface area (Å²) in [6.45, 7) is 2.25. The quantitative estimate of drug-likeness (QED) is 0.821. The first-order valence-electron chi connectivity index (χ1n) is 5.56. The number of carboxylic acid groups (broad SMARTS) is 1. The Morgan fingerprint density at radius 2 is 2.50 bits per heavy atom. The normalized spacial score (nSPS) is 24.8. The maximum Gasteiger partial charge on any atom is 0.313 e. The summed E-state index contributed by atoms with van der Waals surface area (Å²) in [4.78, 5) is 14.8. The smallest absolute Gasteiger partial charge is 0.313 e. The van der Waals surface area contributed by atoms with E-state index in [9.17, 15) is 4.79 Å². The van der Waals surface area contributed by atoms with E-state index in [1.807, 2.05) is 6.20 Å². The first kappa shape index (κ1) is 11.5. The van der Waals surface area contributed by atoms with Crippen LogP contribution in [0.4, 0.5) is 0 Å². The van der Waals surface area contributed by atoms with E-state index in [2.05, 4.69) is 16.5 Å². The molecule has 1 aliphatic carbocycles. The molecular weight excluding hydrogens is 224 g/mol. The van der Waals surface area contributed by atoms with Crippen LogP contribution >= 0.6 is 11.8 Å². The highest BCUT2D eigenvalue weighted by atomic mass is 32.2. The van der Waals surface area contributed by atoms with Gasteiger partial charge in [-0.05, 0) is 18.8 Å². The zero-order valence-corrected chi connectivity index (χ0v) is 10.1. The van der Waals surface area contributed by atoms with E-state index < -0.39 is 5.97 Å². The standard InChI is InChI=1S/C11H16N2O2S/c1-8-3-2-4-9(8)13-6-5-12-11(13)16-7-10(14)15/h5-6,8-9H,2-4,7H2,1H3,(H,14,15). The van der Waals surface area contributed by atoms with Crippen molar-refractivity contribution in [2.45, 2.75) is 37.4 Å². The SMILES string of the molecule is CC1CCCC1n1ccnc1SCC(=O)O. The van der Waals surface area contributed by atoms with Gasteiger partial charge >= 0.3 is 5.97 Å². The molecule has 0 bridgehead atoms.